The van der Waals surface area contributed by atoms with Gasteiger partial charge in [0, 0.05) is 36.6 Å². The number of anilines is 3. The van der Waals surface area contributed by atoms with Crippen LogP contribution in [0.15, 0.2) is 54.7 Å². The summed E-state index contributed by atoms with van der Waals surface area (Å²) in [5.74, 6) is -0.658. The summed E-state index contributed by atoms with van der Waals surface area (Å²) in [7, 11) is 0. The Hall–Kier alpha value is -3.53. The molecule has 0 aliphatic carbocycles. The average Bonchev–Trinajstić information content (AvgIpc) is 2.85. The summed E-state index contributed by atoms with van der Waals surface area (Å²) >= 11 is 5.90. The standard InChI is InChI=1S/C25H24ClFN4O4/c1-15(32)22-14-31(9-10-35-22)24-19(17-4-2-3-16(11-17)5-8-23(33)34)13-28-25(30-24)29-18-6-7-21(27)20(26)12-18/h2-8,11-13,15,22,32H,9-10,14H2,1H3,(H,33,34)(H,28,29,30)/b8-5+. The Morgan fingerprint density at radius 1 is 1.34 bits per heavy atom. The van der Waals surface area contributed by atoms with Crippen molar-refractivity contribution in [2.24, 2.45) is 0 Å². The van der Waals surface area contributed by atoms with E-state index in [-0.39, 0.29) is 17.1 Å². The quantitative estimate of drug-likeness (QED) is 0.412. The van der Waals surface area contributed by atoms with E-state index < -0.39 is 17.9 Å². The molecular formula is C25H24ClFN4O4. The molecule has 2 atom stereocenters. The fourth-order valence-corrected chi connectivity index (χ4v) is 3.90. The van der Waals surface area contributed by atoms with Gasteiger partial charge in [0.05, 0.1) is 17.7 Å². The summed E-state index contributed by atoms with van der Waals surface area (Å²) in [6, 6.07) is 11.6. The zero-order valence-electron chi connectivity index (χ0n) is 18.9. The van der Waals surface area contributed by atoms with Crippen LogP contribution in [0.25, 0.3) is 17.2 Å². The number of aliphatic carboxylic acids is 1. The average molecular weight is 499 g/mol. The van der Waals surface area contributed by atoms with E-state index in [9.17, 15) is 14.3 Å². The van der Waals surface area contributed by atoms with Crippen LogP contribution in [0, 0.1) is 5.82 Å². The summed E-state index contributed by atoms with van der Waals surface area (Å²) in [5, 5.41) is 22.0. The number of nitrogens with zero attached hydrogens (tertiary/aromatic N) is 3. The third kappa shape index (κ3) is 6.13. The maximum atomic E-state index is 13.6. The second-order valence-corrected chi connectivity index (χ2v) is 8.48. The zero-order valence-corrected chi connectivity index (χ0v) is 19.6. The Balaban J connectivity index is 1.73. The zero-order chi connectivity index (χ0) is 24.9. The monoisotopic (exact) mass is 498 g/mol. The molecule has 2 heterocycles. The predicted molar refractivity (Wildman–Crippen MR) is 132 cm³/mol. The van der Waals surface area contributed by atoms with Gasteiger partial charge >= 0.3 is 5.97 Å². The molecule has 1 aliphatic rings. The molecule has 0 bridgehead atoms. The Morgan fingerprint density at radius 3 is 2.91 bits per heavy atom. The lowest BCUT2D eigenvalue weighted by atomic mass is 10.0. The van der Waals surface area contributed by atoms with Gasteiger partial charge < -0.3 is 25.2 Å². The Bertz CT molecular complexity index is 1250. The van der Waals surface area contributed by atoms with Gasteiger partial charge in [-0.15, -0.1) is 0 Å². The van der Waals surface area contributed by atoms with E-state index in [0.29, 0.717) is 36.8 Å². The second kappa shape index (κ2) is 10.8. The number of carboxylic acids is 1. The lowest BCUT2D eigenvalue weighted by Gasteiger charge is -2.36. The molecule has 2 unspecified atom stereocenters. The Kier molecular flexibility index (Phi) is 7.60. The number of hydrogen-bond acceptors (Lipinski definition) is 7. The van der Waals surface area contributed by atoms with Crippen LogP contribution in [0.2, 0.25) is 5.02 Å². The molecule has 1 aliphatic heterocycles. The topological polar surface area (TPSA) is 108 Å². The molecule has 3 aromatic rings. The van der Waals surface area contributed by atoms with Crippen LogP contribution >= 0.6 is 11.6 Å². The van der Waals surface area contributed by atoms with Gasteiger partial charge in [-0.1, -0.05) is 29.8 Å². The predicted octanol–water partition coefficient (Wildman–Crippen LogP) is 4.36. The summed E-state index contributed by atoms with van der Waals surface area (Å²) in [6.45, 7) is 3.06. The molecule has 0 radical (unpaired) electrons. The number of aliphatic hydroxyl groups is 1. The molecule has 4 rings (SSSR count). The van der Waals surface area contributed by atoms with E-state index in [2.05, 4.69) is 10.3 Å². The minimum absolute atomic E-state index is 0.0222. The molecule has 182 valence electrons. The van der Waals surface area contributed by atoms with Crippen LogP contribution in [0.1, 0.15) is 12.5 Å². The van der Waals surface area contributed by atoms with Crippen LogP contribution in [-0.2, 0) is 9.53 Å². The molecule has 0 spiro atoms. The summed E-state index contributed by atoms with van der Waals surface area (Å²) in [5.41, 5.74) is 2.76. The molecule has 2 aromatic carbocycles. The molecular weight excluding hydrogens is 475 g/mol. The van der Waals surface area contributed by atoms with Crippen molar-refractivity contribution in [3.8, 4) is 11.1 Å². The lowest BCUT2D eigenvalue weighted by Crippen LogP contribution is -2.47. The highest BCUT2D eigenvalue weighted by molar-refractivity contribution is 6.31. The highest BCUT2D eigenvalue weighted by Gasteiger charge is 2.27. The maximum absolute atomic E-state index is 13.6. The summed E-state index contributed by atoms with van der Waals surface area (Å²) in [4.78, 5) is 22.1. The SMILES string of the molecule is CC(O)C1CN(c2nc(Nc3ccc(F)c(Cl)c3)ncc2-c2cccc(/C=C/C(=O)O)c2)CCO1. The van der Waals surface area contributed by atoms with Crippen molar-refractivity contribution in [1.29, 1.82) is 0 Å². The molecule has 1 fully saturated rings. The number of carboxylic acid groups (broad SMARTS) is 1. The largest absolute Gasteiger partial charge is 0.478 e. The number of nitrogens with one attached hydrogen (secondary N) is 1. The van der Waals surface area contributed by atoms with Gasteiger partial charge in [-0.05, 0) is 48.4 Å². The van der Waals surface area contributed by atoms with Crippen LogP contribution < -0.4 is 10.2 Å². The third-order valence-electron chi connectivity index (χ3n) is 5.49. The molecule has 0 amide bonds. The highest BCUT2D eigenvalue weighted by Crippen LogP contribution is 2.32. The van der Waals surface area contributed by atoms with Gasteiger partial charge in [0.15, 0.2) is 0 Å². The number of carbonyl (C=O) groups is 1. The number of benzene rings is 2. The molecule has 3 N–H and O–H groups in total. The number of aromatic nitrogens is 2. The molecule has 0 saturated carbocycles. The first-order chi connectivity index (χ1) is 16.8. The van der Waals surface area contributed by atoms with Crippen molar-refractivity contribution in [1.82, 2.24) is 9.97 Å². The van der Waals surface area contributed by atoms with Gasteiger partial charge in [-0.2, -0.15) is 4.98 Å². The summed E-state index contributed by atoms with van der Waals surface area (Å²) < 4.78 is 19.2. The maximum Gasteiger partial charge on any atom is 0.328 e. The Labute approximate surface area is 206 Å². The van der Waals surface area contributed by atoms with Crippen molar-refractivity contribution in [2.45, 2.75) is 19.1 Å². The van der Waals surface area contributed by atoms with Crippen molar-refractivity contribution >= 4 is 41.1 Å². The van der Waals surface area contributed by atoms with Gasteiger partial charge in [-0.3, -0.25) is 0 Å². The van der Waals surface area contributed by atoms with E-state index in [1.54, 1.807) is 19.2 Å². The number of ether oxygens (including phenoxy) is 1. The van der Waals surface area contributed by atoms with Gasteiger partial charge in [-0.25, -0.2) is 14.2 Å². The first kappa shape index (κ1) is 24.6. The number of rotatable bonds is 7. The van der Waals surface area contributed by atoms with E-state index in [1.165, 1.54) is 24.3 Å². The van der Waals surface area contributed by atoms with E-state index in [4.69, 9.17) is 26.4 Å². The molecule has 1 saturated heterocycles. The van der Waals surface area contributed by atoms with E-state index >= 15 is 0 Å². The minimum atomic E-state index is -1.03. The van der Waals surface area contributed by atoms with Crippen LogP contribution in [0.5, 0.6) is 0 Å². The lowest BCUT2D eigenvalue weighted by molar-refractivity contribution is -0.131. The van der Waals surface area contributed by atoms with Crippen LogP contribution in [0.3, 0.4) is 0 Å². The fourth-order valence-electron chi connectivity index (χ4n) is 3.72. The van der Waals surface area contributed by atoms with Crippen LogP contribution in [-0.4, -0.2) is 58.1 Å². The number of hydrogen-bond donors (Lipinski definition) is 3. The van der Waals surface area contributed by atoms with Crippen molar-refractivity contribution < 1.29 is 24.1 Å². The van der Waals surface area contributed by atoms with Gasteiger partial charge in [0.2, 0.25) is 5.95 Å². The second-order valence-electron chi connectivity index (χ2n) is 8.08. The van der Waals surface area contributed by atoms with Crippen molar-refractivity contribution in [3.05, 3.63) is 71.1 Å². The van der Waals surface area contributed by atoms with Gasteiger partial charge in [0.25, 0.3) is 0 Å². The van der Waals surface area contributed by atoms with Crippen molar-refractivity contribution in [3.63, 3.8) is 0 Å². The van der Waals surface area contributed by atoms with E-state index in [1.807, 2.05) is 23.1 Å². The van der Waals surface area contributed by atoms with Gasteiger partial charge in [0.1, 0.15) is 17.7 Å². The first-order valence-corrected chi connectivity index (χ1v) is 11.3. The Morgan fingerprint density at radius 2 is 2.17 bits per heavy atom. The van der Waals surface area contributed by atoms with Crippen molar-refractivity contribution in [2.75, 3.05) is 29.9 Å². The number of aliphatic hydroxyl groups excluding tert-OH is 1. The number of halogens is 2. The molecule has 1 aromatic heterocycles. The van der Waals surface area contributed by atoms with E-state index in [0.717, 1.165) is 17.2 Å². The smallest absolute Gasteiger partial charge is 0.328 e. The third-order valence-corrected chi connectivity index (χ3v) is 5.78. The molecule has 35 heavy (non-hydrogen) atoms. The molecule has 10 heteroatoms. The fraction of sp³-hybridized carbons (Fsp3) is 0.240. The minimum Gasteiger partial charge on any atom is -0.478 e. The first-order valence-electron chi connectivity index (χ1n) is 11.0. The van der Waals surface area contributed by atoms with Crippen LogP contribution in [0.4, 0.5) is 21.8 Å². The molecule has 8 nitrogen and oxygen atoms in total. The highest BCUT2D eigenvalue weighted by atomic mass is 35.5. The summed E-state index contributed by atoms with van der Waals surface area (Å²) in [6.07, 6.45) is 3.21. The number of morpholine rings is 1. The normalized spacial score (nSPS) is 16.9.